The van der Waals surface area contributed by atoms with E-state index in [1.807, 2.05) is 0 Å². The number of phenols is 1. The van der Waals surface area contributed by atoms with Crippen LogP contribution >= 0.6 is 0 Å². The van der Waals surface area contributed by atoms with Gasteiger partial charge < -0.3 is 10.4 Å². The quantitative estimate of drug-likeness (QED) is 0.775. The first kappa shape index (κ1) is 11.1. The van der Waals surface area contributed by atoms with E-state index in [1.54, 1.807) is 19.3 Å². The molecular formula is C11H10FN3O2. The third-order valence-corrected chi connectivity index (χ3v) is 2.15. The van der Waals surface area contributed by atoms with Crippen LogP contribution in [-0.2, 0) is 7.05 Å². The summed E-state index contributed by atoms with van der Waals surface area (Å²) in [5.41, 5.74) is 0.497. The molecule has 5 nitrogen and oxygen atoms in total. The van der Waals surface area contributed by atoms with Gasteiger partial charge in [-0.2, -0.15) is 5.10 Å². The number of nitrogens with one attached hydrogen (secondary N) is 1. The SMILES string of the molecule is Cn1ccc(C(=O)Nc2ccc(O)c(F)c2)n1. The predicted octanol–water partition coefficient (Wildman–Crippen LogP) is 1.52. The Morgan fingerprint density at radius 2 is 2.24 bits per heavy atom. The van der Waals surface area contributed by atoms with Crippen LogP contribution in [0.1, 0.15) is 10.5 Å². The first-order valence-corrected chi connectivity index (χ1v) is 4.86. The van der Waals surface area contributed by atoms with Gasteiger partial charge in [-0.3, -0.25) is 9.48 Å². The second-order valence-corrected chi connectivity index (χ2v) is 3.49. The molecule has 0 unspecified atom stereocenters. The lowest BCUT2D eigenvalue weighted by molar-refractivity contribution is 0.102. The summed E-state index contributed by atoms with van der Waals surface area (Å²) in [6, 6.07) is 5.16. The van der Waals surface area contributed by atoms with Crippen molar-refractivity contribution in [3.8, 4) is 5.75 Å². The minimum atomic E-state index is -0.788. The number of phenolic OH excluding ortho intramolecular Hbond substituents is 1. The molecule has 0 aliphatic heterocycles. The van der Waals surface area contributed by atoms with Crippen molar-refractivity contribution >= 4 is 11.6 Å². The second-order valence-electron chi connectivity index (χ2n) is 3.49. The molecule has 0 saturated heterocycles. The Kier molecular flexibility index (Phi) is 2.78. The van der Waals surface area contributed by atoms with Gasteiger partial charge in [0.05, 0.1) is 0 Å². The molecular weight excluding hydrogens is 225 g/mol. The van der Waals surface area contributed by atoms with Crippen LogP contribution < -0.4 is 5.32 Å². The van der Waals surface area contributed by atoms with E-state index in [-0.39, 0.29) is 11.4 Å². The number of aromatic nitrogens is 2. The number of carbonyl (C=O) groups is 1. The molecule has 88 valence electrons. The maximum absolute atomic E-state index is 13.0. The van der Waals surface area contributed by atoms with Crippen LogP contribution in [0.5, 0.6) is 5.75 Å². The van der Waals surface area contributed by atoms with Crippen LogP contribution in [0.2, 0.25) is 0 Å². The summed E-state index contributed by atoms with van der Waals surface area (Å²) in [6.45, 7) is 0. The Morgan fingerprint density at radius 3 is 2.82 bits per heavy atom. The fourth-order valence-corrected chi connectivity index (χ4v) is 1.32. The van der Waals surface area contributed by atoms with Gasteiger partial charge in [0.15, 0.2) is 17.3 Å². The maximum atomic E-state index is 13.0. The number of amides is 1. The Labute approximate surface area is 96.5 Å². The van der Waals surface area contributed by atoms with Crippen molar-refractivity contribution in [1.29, 1.82) is 0 Å². The number of anilines is 1. The summed E-state index contributed by atoms with van der Waals surface area (Å²) < 4.78 is 14.5. The van der Waals surface area contributed by atoms with Gasteiger partial charge >= 0.3 is 0 Å². The second kappa shape index (κ2) is 4.25. The highest BCUT2D eigenvalue weighted by Crippen LogP contribution is 2.19. The topological polar surface area (TPSA) is 67.2 Å². The van der Waals surface area contributed by atoms with Crippen molar-refractivity contribution in [3.05, 3.63) is 42.0 Å². The standard InChI is InChI=1S/C11H10FN3O2/c1-15-5-4-9(14-15)11(17)13-7-2-3-10(16)8(12)6-7/h2-6,16H,1H3,(H,13,17). The van der Waals surface area contributed by atoms with E-state index in [1.165, 1.54) is 16.8 Å². The van der Waals surface area contributed by atoms with Gasteiger partial charge in [0, 0.05) is 25.0 Å². The number of hydrogen-bond acceptors (Lipinski definition) is 3. The summed E-state index contributed by atoms with van der Waals surface area (Å²) in [4.78, 5) is 11.7. The first-order valence-electron chi connectivity index (χ1n) is 4.86. The summed E-state index contributed by atoms with van der Waals surface area (Å²) >= 11 is 0. The predicted molar refractivity (Wildman–Crippen MR) is 59.2 cm³/mol. The van der Waals surface area contributed by atoms with Crippen LogP contribution in [0.25, 0.3) is 0 Å². The highest BCUT2D eigenvalue weighted by Gasteiger charge is 2.10. The van der Waals surface area contributed by atoms with E-state index < -0.39 is 17.5 Å². The lowest BCUT2D eigenvalue weighted by Gasteiger charge is -2.03. The molecule has 6 heteroatoms. The maximum Gasteiger partial charge on any atom is 0.276 e. The van der Waals surface area contributed by atoms with Crippen LogP contribution in [0.3, 0.4) is 0 Å². The Hall–Kier alpha value is -2.37. The van der Waals surface area contributed by atoms with Gasteiger partial charge in [-0.1, -0.05) is 0 Å². The van der Waals surface area contributed by atoms with Gasteiger partial charge in [-0.25, -0.2) is 4.39 Å². The molecule has 0 bridgehead atoms. The molecule has 1 aromatic carbocycles. The molecule has 1 aromatic heterocycles. The van der Waals surface area contributed by atoms with Gasteiger partial charge in [0.25, 0.3) is 5.91 Å². The Balaban J connectivity index is 2.15. The summed E-state index contributed by atoms with van der Waals surface area (Å²) in [5.74, 6) is -1.68. The molecule has 1 heterocycles. The minimum Gasteiger partial charge on any atom is -0.505 e. The fourth-order valence-electron chi connectivity index (χ4n) is 1.32. The smallest absolute Gasteiger partial charge is 0.276 e. The zero-order valence-electron chi connectivity index (χ0n) is 9.01. The molecule has 2 N–H and O–H groups in total. The summed E-state index contributed by atoms with van der Waals surface area (Å²) in [6.07, 6.45) is 1.63. The van der Waals surface area contributed by atoms with Gasteiger partial charge in [0.1, 0.15) is 0 Å². The Morgan fingerprint density at radius 1 is 1.47 bits per heavy atom. The van der Waals surface area contributed by atoms with Crippen LogP contribution in [0.15, 0.2) is 30.5 Å². The minimum absolute atomic E-state index is 0.237. The third kappa shape index (κ3) is 2.41. The molecule has 0 radical (unpaired) electrons. The molecule has 17 heavy (non-hydrogen) atoms. The molecule has 0 aliphatic carbocycles. The van der Waals surface area contributed by atoms with Crippen molar-refractivity contribution in [2.75, 3.05) is 5.32 Å². The number of benzene rings is 1. The van der Waals surface area contributed by atoms with Crippen molar-refractivity contribution in [2.45, 2.75) is 0 Å². The fraction of sp³-hybridized carbons (Fsp3) is 0.0909. The van der Waals surface area contributed by atoms with E-state index in [2.05, 4.69) is 10.4 Å². The first-order chi connectivity index (χ1) is 8.06. The lowest BCUT2D eigenvalue weighted by atomic mass is 10.3. The molecule has 0 spiro atoms. The van der Waals surface area contributed by atoms with E-state index in [9.17, 15) is 9.18 Å². The van der Waals surface area contributed by atoms with E-state index >= 15 is 0 Å². The molecule has 0 aliphatic rings. The zero-order chi connectivity index (χ0) is 12.4. The largest absolute Gasteiger partial charge is 0.505 e. The van der Waals surface area contributed by atoms with E-state index in [0.29, 0.717) is 0 Å². The van der Waals surface area contributed by atoms with Crippen molar-refractivity contribution in [2.24, 2.45) is 7.05 Å². The number of carbonyl (C=O) groups excluding carboxylic acids is 1. The monoisotopic (exact) mass is 235 g/mol. The molecule has 1 amide bonds. The number of hydrogen-bond donors (Lipinski definition) is 2. The average Bonchev–Trinajstić information content (AvgIpc) is 2.70. The van der Waals surface area contributed by atoms with Gasteiger partial charge in [0.2, 0.25) is 0 Å². The van der Waals surface area contributed by atoms with Gasteiger partial charge in [-0.05, 0) is 18.2 Å². The number of rotatable bonds is 2. The van der Waals surface area contributed by atoms with E-state index in [0.717, 1.165) is 6.07 Å². The molecule has 2 rings (SSSR count). The summed E-state index contributed by atoms with van der Waals surface area (Å²) in [5, 5.41) is 15.4. The van der Waals surface area contributed by atoms with Crippen LogP contribution in [0, 0.1) is 5.82 Å². The number of aromatic hydroxyl groups is 1. The highest BCUT2D eigenvalue weighted by molar-refractivity contribution is 6.02. The van der Waals surface area contributed by atoms with Crippen molar-refractivity contribution in [3.63, 3.8) is 0 Å². The van der Waals surface area contributed by atoms with Crippen LogP contribution in [-0.4, -0.2) is 20.8 Å². The number of nitrogens with zero attached hydrogens (tertiary/aromatic N) is 2. The van der Waals surface area contributed by atoms with Gasteiger partial charge in [-0.15, -0.1) is 0 Å². The normalized spacial score (nSPS) is 10.2. The molecule has 0 atom stereocenters. The molecule has 2 aromatic rings. The third-order valence-electron chi connectivity index (χ3n) is 2.15. The lowest BCUT2D eigenvalue weighted by Crippen LogP contribution is -2.13. The summed E-state index contributed by atoms with van der Waals surface area (Å²) in [7, 11) is 1.69. The average molecular weight is 235 g/mol. The van der Waals surface area contributed by atoms with E-state index in [4.69, 9.17) is 5.11 Å². The number of halogens is 1. The highest BCUT2D eigenvalue weighted by atomic mass is 19.1. The molecule has 0 fully saturated rings. The van der Waals surface area contributed by atoms with Crippen molar-refractivity contribution in [1.82, 2.24) is 9.78 Å². The van der Waals surface area contributed by atoms with Crippen molar-refractivity contribution < 1.29 is 14.3 Å². The Bertz CT molecular complexity index is 566. The number of aryl methyl sites for hydroxylation is 1. The zero-order valence-corrected chi connectivity index (χ0v) is 9.01. The van der Waals surface area contributed by atoms with Crippen LogP contribution in [0.4, 0.5) is 10.1 Å². The molecule has 0 saturated carbocycles.